The quantitative estimate of drug-likeness (QED) is 0.744. The van der Waals surface area contributed by atoms with E-state index < -0.39 is 0 Å². The zero-order chi connectivity index (χ0) is 16.7. The average Bonchev–Trinajstić information content (AvgIpc) is 3.03. The van der Waals surface area contributed by atoms with Gasteiger partial charge in [-0.2, -0.15) is 0 Å². The minimum atomic E-state index is -0.348. The number of nitrogens with zero attached hydrogens (tertiary/aromatic N) is 1. The molecule has 23 heavy (non-hydrogen) atoms. The maximum Gasteiger partial charge on any atom is 0.341 e. The molecule has 0 aliphatic heterocycles. The molecule has 1 N–H and O–H groups in total. The highest BCUT2D eigenvalue weighted by molar-refractivity contribution is 5.89. The SMILES string of the molecule is CCOC(=O)c1coc(CN(CCO)C2CCC(CC)CC2)c1. The molecule has 1 saturated carbocycles. The summed E-state index contributed by atoms with van der Waals surface area (Å²) < 4.78 is 10.5. The molecule has 0 unspecified atom stereocenters. The summed E-state index contributed by atoms with van der Waals surface area (Å²) in [5, 5.41) is 9.36. The van der Waals surface area contributed by atoms with Crippen LogP contribution in [0.4, 0.5) is 0 Å². The number of furan rings is 1. The molecule has 130 valence electrons. The second-order valence-corrected chi connectivity index (χ2v) is 6.30. The van der Waals surface area contributed by atoms with Crippen LogP contribution in [0, 0.1) is 5.92 Å². The molecule has 1 aliphatic rings. The molecule has 0 spiro atoms. The molecule has 0 saturated heterocycles. The number of ether oxygens (including phenoxy) is 1. The van der Waals surface area contributed by atoms with E-state index in [9.17, 15) is 9.90 Å². The highest BCUT2D eigenvalue weighted by atomic mass is 16.5. The lowest BCUT2D eigenvalue weighted by atomic mass is 9.84. The van der Waals surface area contributed by atoms with Crippen LogP contribution in [-0.4, -0.2) is 41.8 Å². The molecule has 1 heterocycles. The number of aliphatic hydroxyl groups is 1. The lowest BCUT2D eigenvalue weighted by Gasteiger charge is -2.36. The Bertz CT molecular complexity index is 477. The molecule has 1 aromatic rings. The number of carbonyl (C=O) groups is 1. The summed E-state index contributed by atoms with van der Waals surface area (Å²) in [6.45, 7) is 5.80. The van der Waals surface area contributed by atoms with Gasteiger partial charge in [-0.15, -0.1) is 0 Å². The molecule has 0 atom stereocenters. The second-order valence-electron chi connectivity index (χ2n) is 6.30. The monoisotopic (exact) mass is 323 g/mol. The molecule has 2 rings (SSSR count). The fourth-order valence-corrected chi connectivity index (χ4v) is 3.42. The van der Waals surface area contributed by atoms with Gasteiger partial charge in [0.2, 0.25) is 0 Å². The number of hydrogen-bond acceptors (Lipinski definition) is 5. The number of rotatable bonds is 8. The van der Waals surface area contributed by atoms with Gasteiger partial charge < -0.3 is 14.3 Å². The summed E-state index contributed by atoms with van der Waals surface area (Å²) in [7, 11) is 0. The van der Waals surface area contributed by atoms with Crippen molar-refractivity contribution in [2.24, 2.45) is 5.92 Å². The van der Waals surface area contributed by atoms with Crippen molar-refractivity contribution in [3.05, 3.63) is 23.7 Å². The van der Waals surface area contributed by atoms with Gasteiger partial charge in [0, 0.05) is 12.6 Å². The zero-order valence-corrected chi connectivity index (χ0v) is 14.3. The molecule has 5 heteroatoms. The lowest BCUT2D eigenvalue weighted by molar-refractivity contribution is 0.0525. The lowest BCUT2D eigenvalue weighted by Crippen LogP contribution is -2.39. The van der Waals surface area contributed by atoms with Crippen LogP contribution in [0.25, 0.3) is 0 Å². The molecular weight excluding hydrogens is 294 g/mol. The predicted molar refractivity (Wildman–Crippen MR) is 88.2 cm³/mol. The Balaban J connectivity index is 1.95. The van der Waals surface area contributed by atoms with Crippen LogP contribution in [0.15, 0.2) is 16.7 Å². The third-order valence-corrected chi connectivity index (χ3v) is 4.82. The molecule has 1 aromatic heterocycles. The van der Waals surface area contributed by atoms with Crippen molar-refractivity contribution in [3.8, 4) is 0 Å². The molecular formula is C18H29NO4. The topological polar surface area (TPSA) is 62.9 Å². The van der Waals surface area contributed by atoms with Crippen LogP contribution < -0.4 is 0 Å². The molecule has 0 amide bonds. The first kappa shape index (κ1) is 18.0. The molecule has 5 nitrogen and oxygen atoms in total. The summed E-state index contributed by atoms with van der Waals surface area (Å²) in [4.78, 5) is 14.0. The van der Waals surface area contributed by atoms with Crippen LogP contribution in [0.3, 0.4) is 0 Å². The first-order chi connectivity index (χ1) is 11.2. The van der Waals surface area contributed by atoms with E-state index in [0.717, 1.165) is 11.7 Å². The summed E-state index contributed by atoms with van der Waals surface area (Å²) in [6.07, 6.45) is 7.57. The maximum absolute atomic E-state index is 11.7. The van der Waals surface area contributed by atoms with Gasteiger partial charge in [-0.25, -0.2) is 4.79 Å². The van der Waals surface area contributed by atoms with Gasteiger partial charge in [-0.3, -0.25) is 4.90 Å². The van der Waals surface area contributed by atoms with Gasteiger partial charge in [0.25, 0.3) is 0 Å². The van der Waals surface area contributed by atoms with E-state index in [1.807, 2.05) is 0 Å². The number of hydrogen-bond donors (Lipinski definition) is 1. The smallest absolute Gasteiger partial charge is 0.341 e. The molecule has 1 aliphatic carbocycles. The third kappa shape index (κ3) is 5.08. The van der Waals surface area contributed by atoms with Crippen LogP contribution >= 0.6 is 0 Å². The first-order valence-electron chi connectivity index (χ1n) is 8.77. The Morgan fingerprint density at radius 1 is 1.35 bits per heavy atom. The van der Waals surface area contributed by atoms with E-state index in [1.54, 1.807) is 13.0 Å². The molecule has 1 fully saturated rings. The number of esters is 1. The van der Waals surface area contributed by atoms with Gasteiger partial charge in [-0.05, 0) is 44.6 Å². The molecule has 0 radical (unpaired) electrons. The van der Waals surface area contributed by atoms with Crippen molar-refractivity contribution in [2.75, 3.05) is 19.8 Å². The Labute approximate surface area is 138 Å². The first-order valence-corrected chi connectivity index (χ1v) is 8.77. The van der Waals surface area contributed by atoms with Crippen molar-refractivity contribution in [3.63, 3.8) is 0 Å². The average molecular weight is 323 g/mol. The summed E-state index contributed by atoms with van der Waals surface area (Å²) >= 11 is 0. The van der Waals surface area contributed by atoms with Crippen LogP contribution in [0.1, 0.15) is 62.1 Å². The third-order valence-electron chi connectivity index (χ3n) is 4.82. The van der Waals surface area contributed by atoms with E-state index in [0.29, 0.717) is 31.3 Å². The van der Waals surface area contributed by atoms with Crippen molar-refractivity contribution in [2.45, 2.75) is 58.5 Å². The predicted octanol–water partition coefficient (Wildman–Crippen LogP) is 3.22. The Kier molecular flexibility index (Phi) is 7.12. The van der Waals surface area contributed by atoms with E-state index in [-0.39, 0.29) is 12.6 Å². The maximum atomic E-state index is 11.7. The van der Waals surface area contributed by atoms with E-state index in [4.69, 9.17) is 9.15 Å². The molecule has 0 bridgehead atoms. The zero-order valence-electron chi connectivity index (χ0n) is 14.3. The van der Waals surface area contributed by atoms with Crippen LogP contribution in [0.2, 0.25) is 0 Å². The fourth-order valence-electron chi connectivity index (χ4n) is 3.42. The summed E-state index contributed by atoms with van der Waals surface area (Å²) in [6, 6.07) is 2.24. The Hall–Kier alpha value is -1.33. The van der Waals surface area contributed by atoms with Crippen molar-refractivity contribution in [1.82, 2.24) is 4.90 Å². The number of aliphatic hydroxyl groups excluding tert-OH is 1. The highest BCUT2D eigenvalue weighted by Crippen LogP contribution is 2.30. The fraction of sp³-hybridized carbons (Fsp3) is 0.722. The minimum Gasteiger partial charge on any atom is -0.467 e. The van der Waals surface area contributed by atoms with E-state index in [1.165, 1.54) is 38.4 Å². The van der Waals surface area contributed by atoms with Crippen molar-refractivity contribution < 1.29 is 19.1 Å². The van der Waals surface area contributed by atoms with Crippen molar-refractivity contribution in [1.29, 1.82) is 0 Å². The summed E-state index contributed by atoms with van der Waals surface area (Å²) in [5.41, 5.74) is 0.459. The van der Waals surface area contributed by atoms with Gasteiger partial charge in [0.05, 0.1) is 25.3 Å². The molecule has 0 aromatic carbocycles. The van der Waals surface area contributed by atoms with Gasteiger partial charge in [0.1, 0.15) is 12.0 Å². The van der Waals surface area contributed by atoms with Gasteiger partial charge in [0.15, 0.2) is 0 Å². The van der Waals surface area contributed by atoms with Gasteiger partial charge in [-0.1, -0.05) is 13.3 Å². The normalized spacial score (nSPS) is 21.6. The van der Waals surface area contributed by atoms with Crippen molar-refractivity contribution >= 4 is 5.97 Å². The highest BCUT2D eigenvalue weighted by Gasteiger charge is 2.25. The van der Waals surface area contributed by atoms with E-state index in [2.05, 4.69) is 11.8 Å². The van der Waals surface area contributed by atoms with E-state index >= 15 is 0 Å². The Morgan fingerprint density at radius 3 is 2.70 bits per heavy atom. The number of carbonyl (C=O) groups excluding carboxylic acids is 1. The standard InChI is InChI=1S/C18H29NO4/c1-3-14-5-7-16(8-6-14)19(9-10-20)12-17-11-15(13-23-17)18(21)22-4-2/h11,13-14,16,20H,3-10,12H2,1-2H3. The Morgan fingerprint density at radius 2 is 2.09 bits per heavy atom. The van der Waals surface area contributed by atoms with Gasteiger partial charge >= 0.3 is 5.97 Å². The summed E-state index contributed by atoms with van der Waals surface area (Å²) in [5.74, 6) is 1.25. The largest absolute Gasteiger partial charge is 0.467 e. The second kappa shape index (κ2) is 9.08. The minimum absolute atomic E-state index is 0.138. The van der Waals surface area contributed by atoms with Crippen LogP contribution in [0.5, 0.6) is 0 Å². The van der Waals surface area contributed by atoms with Crippen LogP contribution in [-0.2, 0) is 11.3 Å².